The summed E-state index contributed by atoms with van der Waals surface area (Å²) in [6, 6.07) is 1.70. The van der Waals surface area contributed by atoms with E-state index in [1.807, 2.05) is 26.8 Å². The van der Waals surface area contributed by atoms with Crippen LogP contribution in [0.1, 0.15) is 52.1 Å². The molecule has 0 spiro atoms. The van der Waals surface area contributed by atoms with Crippen LogP contribution in [0.5, 0.6) is 17.2 Å². The molecule has 0 aliphatic rings. The van der Waals surface area contributed by atoms with Crippen LogP contribution in [0.2, 0.25) is 5.02 Å². The Kier molecular flexibility index (Phi) is 7.68. The van der Waals surface area contributed by atoms with Gasteiger partial charge < -0.3 is 19.9 Å². The summed E-state index contributed by atoms with van der Waals surface area (Å²) in [6.45, 7) is 9.38. The molecule has 4 nitrogen and oxygen atoms in total. The van der Waals surface area contributed by atoms with Crippen molar-refractivity contribution in [2.75, 3.05) is 19.8 Å². The molecule has 0 aromatic heterocycles. The lowest BCUT2D eigenvalue weighted by Crippen LogP contribution is -2.14. The first-order chi connectivity index (χ1) is 10.1. The van der Waals surface area contributed by atoms with Crippen molar-refractivity contribution in [3.63, 3.8) is 0 Å². The number of halogens is 1. The highest BCUT2D eigenvalue weighted by molar-refractivity contribution is 6.32. The van der Waals surface area contributed by atoms with Gasteiger partial charge in [0.05, 0.1) is 24.8 Å². The number of rotatable bonds is 9. The number of ether oxygens (including phenoxy) is 3. The van der Waals surface area contributed by atoms with E-state index >= 15 is 0 Å². The monoisotopic (exact) mass is 315 g/mol. The minimum Gasteiger partial charge on any atom is -0.489 e. The molecule has 120 valence electrons. The van der Waals surface area contributed by atoms with Crippen LogP contribution in [-0.4, -0.2) is 19.8 Å². The highest BCUT2D eigenvalue weighted by Gasteiger charge is 2.24. The summed E-state index contributed by atoms with van der Waals surface area (Å²) in [5.74, 6) is 1.72. The molecule has 0 amide bonds. The third kappa shape index (κ3) is 4.42. The smallest absolute Gasteiger partial charge is 0.205 e. The summed E-state index contributed by atoms with van der Waals surface area (Å²) in [7, 11) is 0. The van der Waals surface area contributed by atoms with E-state index in [1.165, 1.54) is 0 Å². The van der Waals surface area contributed by atoms with Gasteiger partial charge in [-0.05, 0) is 33.3 Å². The highest BCUT2D eigenvalue weighted by Crippen LogP contribution is 2.47. The van der Waals surface area contributed by atoms with Crippen molar-refractivity contribution in [3.8, 4) is 17.2 Å². The summed E-state index contributed by atoms with van der Waals surface area (Å²) >= 11 is 6.35. The van der Waals surface area contributed by atoms with Gasteiger partial charge in [-0.2, -0.15) is 0 Å². The molecule has 1 aromatic carbocycles. The SMILES string of the molecule is CCCC(N)c1cc(Cl)c(OCC)c(OCC)c1OCC. The molecular weight excluding hydrogens is 290 g/mol. The number of hydrogen-bond donors (Lipinski definition) is 1. The van der Waals surface area contributed by atoms with Gasteiger partial charge in [0.15, 0.2) is 11.5 Å². The molecule has 0 bridgehead atoms. The van der Waals surface area contributed by atoms with Crippen LogP contribution in [0.25, 0.3) is 0 Å². The van der Waals surface area contributed by atoms with Crippen molar-refractivity contribution >= 4 is 11.6 Å². The zero-order chi connectivity index (χ0) is 15.8. The van der Waals surface area contributed by atoms with E-state index in [1.54, 1.807) is 0 Å². The zero-order valence-corrected chi connectivity index (χ0v) is 14.1. The second kappa shape index (κ2) is 9.00. The molecule has 1 rings (SSSR count). The van der Waals surface area contributed by atoms with Crippen molar-refractivity contribution in [3.05, 3.63) is 16.7 Å². The largest absolute Gasteiger partial charge is 0.489 e. The van der Waals surface area contributed by atoms with Crippen molar-refractivity contribution in [2.45, 2.75) is 46.6 Å². The molecule has 1 atom stereocenters. The third-order valence-electron chi connectivity index (χ3n) is 3.04. The predicted octanol–water partition coefficient (Wildman–Crippen LogP) is 4.34. The number of benzene rings is 1. The minimum atomic E-state index is -0.135. The van der Waals surface area contributed by atoms with Gasteiger partial charge in [-0.25, -0.2) is 0 Å². The topological polar surface area (TPSA) is 53.7 Å². The van der Waals surface area contributed by atoms with Gasteiger partial charge in [0.25, 0.3) is 0 Å². The Morgan fingerprint density at radius 1 is 0.952 bits per heavy atom. The highest BCUT2D eigenvalue weighted by atomic mass is 35.5. The van der Waals surface area contributed by atoms with Gasteiger partial charge in [0.2, 0.25) is 5.75 Å². The summed E-state index contributed by atoms with van der Waals surface area (Å²) in [5, 5.41) is 0.505. The van der Waals surface area contributed by atoms with Crippen LogP contribution in [0, 0.1) is 0 Å². The first kappa shape index (κ1) is 17.9. The van der Waals surface area contributed by atoms with E-state index in [0.29, 0.717) is 42.1 Å². The Hall–Kier alpha value is -1.13. The Bertz CT molecular complexity index is 452. The molecule has 5 heteroatoms. The average molecular weight is 316 g/mol. The van der Waals surface area contributed by atoms with E-state index in [-0.39, 0.29) is 6.04 Å². The van der Waals surface area contributed by atoms with Crippen LogP contribution in [-0.2, 0) is 0 Å². The van der Waals surface area contributed by atoms with Crippen LogP contribution in [0.3, 0.4) is 0 Å². The van der Waals surface area contributed by atoms with E-state index in [2.05, 4.69) is 6.92 Å². The average Bonchev–Trinajstić information content (AvgIpc) is 2.45. The third-order valence-corrected chi connectivity index (χ3v) is 3.32. The summed E-state index contributed by atoms with van der Waals surface area (Å²) < 4.78 is 17.1. The van der Waals surface area contributed by atoms with E-state index in [0.717, 1.165) is 18.4 Å². The van der Waals surface area contributed by atoms with Crippen molar-refractivity contribution in [1.29, 1.82) is 0 Å². The molecule has 0 saturated heterocycles. The van der Waals surface area contributed by atoms with Crippen molar-refractivity contribution < 1.29 is 14.2 Å². The Labute approximate surface area is 132 Å². The molecule has 0 saturated carbocycles. The second-order valence-electron chi connectivity index (χ2n) is 4.63. The summed E-state index contributed by atoms with van der Waals surface area (Å²) in [5.41, 5.74) is 7.13. The van der Waals surface area contributed by atoms with Gasteiger partial charge in [-0.3, -0.25) is 0 Å². The lowest BCUT2D eigenvalue weighted by Gasteiger charge is -2.22. The Morgan fingerprint density at radius 2 is 1.48 bits per heavy atom. The normalized spacial score (nSPS) is 12.1. The minimum absolute atomic E-state index is 0.135. The number of hydrogen-bond acceptors (Lipinski definition) is 4. The first-order valence-corrected chi connectivity index (χ1v) is 7.98. The second-order valence-corrected chi connectivity index (χ2v) is 5.04. The maximum absolute atomic E-state index is 6.35. The first-order valence-electron chi connectivity index (χ1n) is 7.60. The van der Waals surface area contributed by atoms with E-state index in [4.69, 9.17) is 31.5 Å². The molecule has 0 aliphatic heterocycles. The molecule has 0 fully saturated rings. The van der Waals surface area contributed by atoms with Crippen molar-refractivity contribution in [2.24, 2.45) is 5.73 Å². The fraction of sp³-hybridized carbons (Fsp3) is 0.625. The Balaban J connectivity index is 3.42. The molecular formula is C16H26ClNO3. The Morgan fingerprint density at radius 3 is 2.00 bits per heavy atom. The zero-order valence-electron chi connectivity index (χ0n) is 13.4. The molecule has 2 N–H and O–H groups in total. The number of nitrogens with two attached hydrogens (primary N) is 1. The maximum atomic E-state index is 6.35. The lowest BCUT2D eigenvalue weighted by atomic mass is 10.0. The van der Waals surface area contributed by atoms with Crippen LogP contribution in [0.4, 0.5) is 0 Å². The molecule has 0 radical (unpaired) electrons. The van der Waals surface area contributed by atoms with E-state index in [9.17, 15) is 0 Å². The molecule has 0 aliphatic carbocycles. The molecule has 0 heterocycles. The predicted molar refractivity (Wildman–Crippen MR) is 86.8 cm³/mol. The molecule has 1 aromatic rings. The standard InChI is InChI=1S/C16H26ClNO3/c1-5-9-13(18)11-10-12(17)15(20-7-3)16(21-8-4)14(11)19-6-2/h10,13H,5-9,18H2,1-4H3. The van der Waals surface area contributed by atoms with E-state index < -0.39 is 0 Å². The fourth-order valence-electron chi connectivity index (χ4n) is 2.20. The van der Waals surface area contributed by atoms with Gasteiger partial charge in [0, 0.05) is 11.6 Å². The fourth-order valence-corrected chi connectivity index (χ4v) is 2.46. The maximum Gasteiger partial charge on any atom is 0.205 e. The molecule has 1 unspecified atom stereocenters. The lowest BCUT2D eigenvalue weighted by molar-refractivity contribution is 0.258. The van der Waals surface area contributed by atoms with Crippen LogP contribution >= 0.6 is 11.6 Å². The molecule has 21 heavy (non-hydrogen) atoms. The van der Waals surface area contributed by atoms with Gasteiger partial charge in [-0.1, -0.05) is 24.9 Å². The van der Waals surface area contributed by atoms with Crippen molar-refractivity contribution in [1.82, 2.24) is 0 Å². The summed E-state index contributed by atoms with van der Waals surface area (Å²) in [6.07, 6.45) is 1.84. The van der Waals surface area contributed by atoms with Gasteiger partial charge in [0.1, 0.15) is 0 Å². The summed E-state index contributed by atoms with van der Waals surface area (Å²) in [4.78, 5) is 0. The quantitative estimate of drug-likeness (QED) is 0.736. The van der Waals surface area contributed by atoms with Crippen LogP contribution in [0.15, 0.2) is 6.07 Å². The van der Waals surface area contributed by atoms with Crippen LogP contribution < -0.4 is 19.9 Å². The van der Waals surface area contributed by atoms with Gasteiger partial charge >= 0.3 is 0 Å². The van der Waals surface area contributed by atoms with Gasteiger partial charge in [-0.15, -0.1) is 0 Å².